The summed E-state index contributed by atoms with van der Waals surface area (Å²) >= 11 is 3.43. The van der Waals surface area contributed by atoms with Gasteiger partial charge in [-0.05, 0) is 15.9 Å². The molecule has 0 saturated heterocycles. The van der Waals surface area contributed by atoms with Gasteiger partial charge in [-0.2, -0.15) is 10.2 Å². The van der Waals surface area contributed by atoms with Crippen molar-refractivity contribution in [2.24, 2.45) is 7.05 Å². The smallest absolute Gasteiger partial charge is 0.0981 e. The number of halogens is 1. The molecule has 0 aliphatic carbocycles. The molecule has 2 aromatic rings. The molecule has 0 radical (unpaired) electrons. The Morgan fingerprint density at radius 2 is 2.29 bits per heavy atom. The highest BCUT2D eigenvalue weighted by atomic mass is 79.9. The number of hydrogen-bond donors (Lipinski definition) is 1. The SMILES string of the molecule is Cn1cc(Br)c(Cn2cc(N)cn2)n1. The molecule has 2 heterocycles. The average molecular weight is 256 g/mol. The van der Waals surface area contributed by atoms with Gasteiger partial charge in [-0.15, -0.1) is 0 Å². The van der Waals surface area contributed by atoms with Crippen LogP contribution >= 0.6 is 15.9 Å². The van der Waals surface area contributed by atoms with Crippen molar-refractivity contribution in [1.82, 2.24) is 19.6 Å². The molecule has 0 atom stereocenters. The van der Waals surface area contributed by atoms with Crippen LogP contribution < -0.4 is 5.73 Å². The van der Waals surface area contributed by atoms with Crippen LogP contribution in [0, 0.1) is 0 Å². The van der Waals surface area contributed by atoms with E-state index in [1.165, 1.54) is 0 Å². The second kappa shape index (κ2) is 3.45. The topological polar surface area (TPSA) is 61.7 Å². The molecule has 0 aliphatic heterocycles. The van der Waals surface area contributed by atoms with Gasteiger partial charge in [0.25, 0.3) is 0 Å². The van der Waals surface area contributed by atoms with Gasteiger partial charge in [0.05, 0.1) is 28.6 Å². The van der Waals surface area contributed by atoms with Crippen LogP contribution in [0.5, 0.6) is 0 Å². The Balaban J connectivity index is 2.22. The summed E-state index contributed by atoms with van der Waals surface area (Å²) in [6.45, 7) is 0.624. The quantitative estimate of drug-likeness (QED) is 0.872. The number of rotatable bonds is 2. The van der Waals surface area contributed by atoms with E-state index in [0.29, 0.717) is 12.2 Å². The van der Waals surface area contributed by atoms with Crippen molar-refractivity contribution in [1.29, 1.82) is 0 Å². The van der Waals surface area contributed by atoms with Crippen molar-refractivity contribution in [3.8, 4) is 0 Å². The minimum atomic E-state index is 0.624. The Kier molecular flexibility index (Phi) is 2.28. The van der Waals surface area contributed by atoms with Crippen LogP contribution in [0.2, 0.25) is 0 Å². The molecule has 0 unspecified atom stereocenters. The number of hydrogen-bond acceptors (Lipinski definition) is 3. The lowest BCUT2D eigenvalue weighted by atomic mass is 10.4. The number of anilines is 1. The van der Waals surface area contributed by atoms with Crippen LogP contribution in [-0.2, 0) is 13.6 Å². The van der Waals surface area contributed by atoms with Gasteiger partial charge in [0.15, 0.2) is 0 Å². The number of nitrogens with zero attached hydrogens (tertiary/aromatic N) is 4. The Morgan fingerprint density at radius 1 is 1.50 bits per heavy atom. The van der Waals surface area contributed by atoms with Gasteiger partial charge in [0, 0.05) is 19.4 Å². The summed E-state index contributed by atoms with van der Waals surface area (Å²) in [6, 6.07) is 0. The fourth-order valence-electron chi connectivity index (χ4n) is 1.23. The van der Waals surface area contributed by atoms with Crippen molar-refractivity contribution in [3.63, 3.8) is 0 Å². The second-order valence-corrected chi connectivity index (χ2v) is 3.92. The van der Waals surface area contributed by atoms with E-state index < -0.39 is 0 Å². The van der Waals surface area contributed by atoms with Crippen molar-refractivity contribution >= 4 is 21.6 Å². The maximum absolute atomic E-state index is 5.55. The van der Waals surface area contributed by atoms with E-state index >= 15 is 0 Å². The van der Waals surface area contributed by atoms with E-state index in [0.717, 1.165) is 10.2 Å². The third-order valence-corrected chi connectivity index (χ3v) is 2.48. The van der Waals surface area contributed by atoms with Crippen molar-refractivity contribution in [2.45, 2.75) is 6.54 Å². The molecule has 0 aliphatic rings. The first-order chi connectivity index (χ1) is 6.65. The molecular weight excluding hydrogens is 246 g/mol. The van der Waals surface area contributed by atoms with Crippen LogP contribution in [0.3, 0.4) is 0 Å². The summed E-state index contributed by atoms with van der Waals surface area (Å²) in [7, 11) is 1.88. The Hall–Kier alpha value is -1.30. The van der Waals surface area contributed by atoms with Gasteiger partial charge >= 0.3 is 0 Å². The van der Waals surface area contributed by atoms with Crippen LogP contribution in [0.15, 0.2) is 23.1 Å². The minimum Gasteiger partial charge on any atom is -0.396 e. The molecule has 0 bridgehead atoms. The molecule has 2 aromatic heterocycles. The monoisotopic (exact) mass is 255 g/mol. The first-order valence-corrected chi connectivity index (χ1v) is 4.90. The van der Waals surface area contributed by atoms with Crippen LogP contribution in [0.25, 0.3) is 0 Å². The van der Waals surface area contributed by atoms with Gasteiger partial charge in [0.2, 0.25) is 0 Å². The Morgan fingerprint density at radius 3 is 2.79 bits per heavy atom. The first kappa shape index (κ1) is 9.26. The highest BCUT2D eigenvalue weighted by Gasteiger charge is 2.05. The molecule has 74 valence electrons. The molecule has 0 spiro atoms. The summed E-state index contributed by atoms with van der Waals surface area (Å²) in [5, 5.41) is 8.37. The average Bonchev–Trinajstić information content (AvgIpc) is 2.61. The van der Waals surface area contributed by atoms with E-state index in [-0.39, 0.29) is 0 Å². The molecule has 0 amide bonds. The highest BCUT2D eigenvalue weighted by molar-refractivity contribution is 9.10. The molecular formula is C8H10BrN5. The first-order valence-electron chi connectivity index (χ1n) is 4.11. The maximum atomic E-state index is 5.55. The molecule has 0 fully saturated rings. The summed E-state index contributed by atoms with van der Waals surface area (Å²) in [4.78, 5) is 0. The normalized spacial score (nSPS) is 10.7. The number of aryl methyl sites for hydroxylation is 1. The van der Waals surface area contributed by atoms with Gasteiger partial charge in [-0.3, -0.25) is 9.36 Å². The molecule has 5 nitrogen and oxygen atoms in total. The third kappa shape index (κ3) is 1.79. The molecule has 0 saturated carbocycles. The molecule has 2 rings (SSSR count). The van der Waals surface area contributed by atoms with Crippen molar-refractivity contribution in [3.05, 3.63) is 28.8 Å². The lowest BCUT2D eigenvalue weighted by Crippen LogP contribution is -2.02. The summed E-state index contributed by atoms with van der Waals surface area (Å²) in [5.41, 5.74) is 7.16. The predicted molar refractivity (Wildman–Crippen MR) is 56.6 cm³/mol. The largest absolute Gasteiger partial charge is 0.396 e. The fourth-order valence-corrected chi connectivity index (χ4v) is 1.73. The van der Waals surface area contributed by atoms with Crippen LogP contribution in [-0.4, -0.2) is 19.6 Å². The van der Waals surface area contributed by atoms with Crippen LogP contribution in [0.1, 0.15) is 5.69 Å². The summed E-state index contributed by atoms with van der Waals surface area (Å²) < 4.78 is 4.49. The van der Waals surface area contributed by atoms with E-state index in [1.807, 2.05) is 13.2 Å². The zero-order chi connectivity index (χ0) is 10.1. The summed E-state index contributed by atoms with van der Waals surface area (Å²) in [6.07, 6.45) is 5.31. The fraction of sp³-hybridized carbons (Fsp3) is 0.250. The van der Waals surface area contributed by atoms with E-state index in [2.05, 4.69) is 26.1 Å². The van der Waals surface area contributed by atoms with E-state index in [4.69, 9.17) is 5.73 Å². The number of nitrogens with two attached hydrogens (primary N) is 1. The maximum Gasteiger partial charge on any atom is 0.0981 e. The van der Waals surface area contributed by atoms with Gasteiger partial charge < -0.3 is 5.73 Å². The summed E-state index contributed by atoms with van der Waals surface area (Å²) in [5.74, 6) is 0. The van der Waals surface area contributed by atoms with E-state index in [9.17, 15) is 0 Å². The van der Waals surface area contributed by atoms with Gasteiger partial charge in [-0.1, -0.05) is 0 Å². The van der Waals surface area contributed by atoms with Crippen molar-refractivity contribution < 1.29 is 0 Å². The number of aromatic nitrogens is 4. The second-order valence-electron chi connectivity index (χ2n) is 3.07. The van der Waals surface area contributed by atoms with Gasteiger partial charge in [0.1, 0.15) is 0 Å². The third-order valence-electron chi connectivity index (χ3n) is 1.82. The molecule has 2 N–H and O–H groups in total. The lowest BCUT2D eigenvalue weighted by Gasteiger charge is -1.97. The van der Waals surface area contributed by atoms with Gasteiger partial charge in [-0.25, -0.2) is 0 Å². The number of nitrogen functional groups attached to an aromatic ring is 1. The zero-order valence-corrected chi connectivity index (χ0v) is 9.27. The predicted octanol–water partition coefficient (Wildman–Crippen LogP) is 1.01. The molecule has 6 heteroatoms. The molecule has 0 aromatic carbocycles. The minimum absolute atomic E-state index is 0.624. The highest BCUT2D eigenvalue weighted by Crippen LogP contribution is 2.15. The Labute approximate surface area is 89.6 Å². The van der Waals surface area contributed by atoms with Crippen molar-refractivity contribution in [2.75, 3.05) is 5.73 Å². The lowest BCUT2D eigenvalue weighted by molar-refractivity contribution is 0.649. The standard InChI is InChI=1S/C8H10BrN5/c1-13-4-7(9)8(12-13)5-14-3-6(10)2-11-14/h2-4H,5,10H2,1H3. The van der Waals surface area contributed by atoms with E-state index in [1.54, 1.807) is 21.8 Å². The zero-order valence-electron chi connectivity index (χ0n) is 7.68. The van der Waals surface area contributed by atoms with Crippen LogP contribution in [0.4, 0.5) is 5.69 Å². The molecule has 14 heavy (non-hydrogen) atoms. The Bertz CT molecular complexity index is 444.